The summed E-state index contributed by atoms with van der Waals surface area (Å²) in [6.45, 7) is 1.52. The second-order valence-corrected chi connectivity index (χ2v) is 5.24. The van der Waals surface area contributed by atoms with Crippen molar-refractivity contribution in [1.82, 2.24) is 9.97 Å². The molecule has 1 aromatic rings. The first-order valence-corrected chi connectivity index (χ1v) is 6.98. The molecule has 5 heteroatoms. The van der Waals surface area contributed by atoms with E-state index in [2.05, 4.69) is 27.2 Å². The van der Waals surface area contributed by atoms with E-state index < -0.39 is 0 Å². The standard InChI is InChI=1S/C14H24N4O/c1-15-12-8-14(17-13(16-12)10-19-3)18(2)9-11-6-4-5-7-11/h8,11H,4-7,9-10H2,1-3H3,(H,15,16,17). The van der Waals surface area contributed by atoms with E-state index in [1.165, 1.54) is 25.7 Å². The minimum absolute atomic E-state index is 0.444. The van der Waals surface area contributed by atoms with Gasteiger partial charge >= 0.3 is 0 Å². The lowest BCUT2D eigenvalue weighted by molar-refractivity contribution is 0.178. The Kier molecular flexibility index (Phi) is 4.96. The maximum Gasteiger partial charge on any atom is 0.158 e. The molecule has 0 amide bonds. The van der Waals surface area contributed by atoms with Crippen molar-refractivity contribution < 1.29 is 4.74 Å². The van der Waals surface area contributed by atoms with Gasteiger partial charge in [-0.15, -0.1) is 0 Å². The van der Waals surface area contributed by atoms with Crippen LogP contribution in [0, 0.1) is 5.92 Å². The highest BCUT2D eigenvalue weighted by molar-refractivity contribution is 5.48. The third-order valence-corrected chi connectivity index (χ3v) is 3.69. The SMILES string of the molecule is CNc1cc(N(C)CC2CCCC2)nc(COC)n1. The first-order valence-electron chi connectivity index (χ1n) is 6.98. The van der Waals surface area contributed by atoms with E-state index in [1.54, 1.807) is 7.11 Å². The average Bonchev–Trinajstić information content (AvgIpc) is 2.91. The lowest BCUT2D eigenvalue weighted by atomic mass is 10.1. The van der Waals surface area contributed by atoms with Gasteiger partial charge in [0.1, 0.15) is 18.2 Å². The largest absolute Gasteiger partial charge is 0.377 e. The molecule has 0 spiro atoms. The monoisotopic (exact) mass is 264 g/mol. The van der Waals surface area contributed by atoms with Crippen LogP contribution in [0.2, 0.25) is 0 Å². The van der Waals surface area contributed by atoms with Crippen LogP contribution in [0.5, 0.6) is 0 Å². The Balaban J connectivity index is 2.09. The summed E-state index contributed by atoms with van der Waals surface area (Å²) in [6.07, 6.45) is 5.44. The molecule has 0 atom stereocenters. The molecule has 5 nitrogen and oxygen atoms in total. The van der Waals surface area contributed by atoms with Crippen LogP contribution in [0.1, 0.15) is 31.5 Å². The molecule has 1 heterocycles. The van der Waals surface area contributed by atoms with Gasteiger partial charge in [-0.1, -0.05) is 12.8 Å². The Labute approximate surface area is 115 Å². The topological polar surface area (TPSA) is 50.3 Å². The molecule has 1 N–H and O–H groups in total. The molecule has 1 fully saturated rings. The number of nitrogens with one attached hydrogen (secondary N) is 1. The highest BCUT2D eigenvalue weighted by atomic mass is 16.5. The minimum atomic E-state index is 0.444. The van der Waals surface area contributed by atoms with E-state index in [9.17, 15) is 0 Å². The van der Waals surface area contributed by atoms with Gasteiger partial charge in [-0.2, -0.15) is 0 Å². The number of methoxy groups -OCH3 is 1. The van der Waals surface area contributed by atoms with Gasteiger partial charge in [0, 0.05) is 33.8 Å². The highest BCUT2D eigenvalue weighted by Crippen LogP contribution is 2.26. The van der Waals surface area contributed by atoms with Crippen molar-refractivity contribution in [1.29, 1.82) is 0 Å². The zero-order chi connectivity index (χ0) is 13.7. The Morgan fingerprint density at radius 1 is 1.37 bits per heavy atom. The molecular weight excluding hydrogens is 240 g/mol. The molecule has 0 unspecified atom stereocenters. The molecular formula is C14H24N4O. The van der Waals surface area contributed by atoms with Crippen molar-refractivity contribution in [2.45, 2.75) is 32.3 Å². The first-order chi connectivity index (χ1) is 9.22. The summed E-state index contributed by atoms with van der Waals surface area (Å²) >= 11 is 0. The van der Waals surface area contributed by atoms with Crippen LogP contribution < -0.4 is 10.2 Å². The first kappa shape index (κ1) is 14.1. The Morgan fingerprint density at radius 2 is 2.11 bits per heavy atom. The third kappa shape index (κ3) is 3.80. The fourth-order valence-electron chi connectivity index (χ4n) is 2.67. The number of aromatic nitrogens is 2. The fourth-order valence-corrected chi connectivity index (χ4v) is 2.67. The predicted molar refractivity (Wildman–Crippen MR) is 77.5 cm³/mol. The van der Waals surface area contributed by atoms with Crippen LogP contribution in [0.3, 0.4) is 0 Å². The smallest absolute Gasteiger partial charge is 0.158 e. The average molecular weight is 264 g/mol. The van der Waals surface area contributed by atoms with Crippen LogP contribution >= 0.6 is 0 Å². The summed E-state index contributed by atoms with van der Waals surface area (Å²) in [5, 5.41) is 3.08. The van der Waals surface area contributed by atoms with Gasteiger partial charge in [-0.05, 0) is 18.8 Å². The number of hydrogen-bond acceptors (Lipinski definition) is 5. The minimum Gasteiger partial charge on any atom is -0.377 e. The summed E-state index contributed by atoms with van der Waals surface area (Å²) in [5.74, 6) is 3.35. The number of anilines is 2. The molecule has 0 aromatic carbocycles. The van der Waals surface area contributed by atoms with Crippen LogP contribution in [0.15, 0.2) is 6.07 Å². The Bertz CT molecular complexity index is 404. The molecule has 2 rings (SSSR count). The molecule has 1 saturated carbocycles. The Hall–Kier alpha value is -1.36. The number of ether oxygens (including phenoxy) is 1. The van der Waals surface area contributed by atoms with Crippen molar-refractivity contribution in [2.75, 3.05) is 38.0 Å². The van der Waals surface area contributed by atoms with E-state index in [0.29, 0.717) is 6.61 Å². The van der Waals surface area contributed by atoms with Gasteiger partial charge in [0.2, 0.25) is 0 Å². The van der Waals surface area contributed by atoms with Crippen LogP contribution in [0.4, 0.5) is 11.6 Å². The van der Waals surface area contributed by atoms with E-state index in [0.717, 1.165) is 29.9 Å². The van der Waals surface area contributed by atoms with E-state index in [-0.39, 0.29) is 0 Å². The second-order valence-electron chi connectivity index (χ2n) is 5.24. The zero-order valence-electron chi connectivity index (χ0n) is 12.1. The molecule has 1 aliphatic carbocycles. The van der Waals surface area contributed by atoms with Gasteiger partial charge < -0.3 is 15.0 Å². The van der Waals surface area contributed by atoms with Crippen molar-refractivity contribution >= 4 is 11.6 Å². The van der Waals surface area contributed by atoms with Crippen molar-refractivity contribution in [3.05, 3.63) is 11.9 Å². The fraction of sp³-hybridized carbons (Fsp3) is 0.714. The lowest BCUT2D eigenvalue weighted by Crippen LogP contribution is -2.25. The maximum atomic E-state index is 5.12. The number of hydrogen-bond donors (Lipinski definition) is 1. The summed E-state index contributed by atoms with van der Waals surface area (Å²) in [5.41, 5.74) is 0. The second kappa shape index (κ2) is 6.70. The van der Waals surface area contributed by atoms with Crippen LogP contribution in [0.25, 0.3) is 0 Å². The van der Waals surface area contributed by atoms with Crippen LogP contribution in [-0.4, -0.2) is 37.7 Å². The van der Waals surface area contributed by atoms with Gasteiger partial charge in [0.05, 0.1) is 0 Å². The quantitative estimate of drug-likeness (QED) is 0.854. The van der Waals surface area contributed by atoms with Gasteiger partial charge in [-0.3, -0.25) is 0 Å². The number of rotatable bonds is 6. The summed E-state index contributed by atoms with van der Waals surface area (Å²) in [4.78, 5) is 11.2. The number of nitrogens with zero attached hydrogens (tertiary/aromatic N) is 3. The maximum absolute atomic E-state index is 5.12. The van der Waals surface area contributed by atoms with Gasteiger partial charge in [-0.25, -0.2) is 9.97 Å². The molecule has 0 bridgehead atoms. The van der Waals surface area contributed by atoms with Crippen LogP contribution in [-0.2, 0) is 11.3 Å². The highest BCUT2D eigenvalue weighted by Gasteiger charge is 2.18. The molecule has 0 saturated heterocycles. The van der Waals surface area contributed by atoms with Crippen molar-refractivity contribution in [2.24, 2.45) is 5.92 Å². The summed E-state index contributed by atoms with van der Waals surface area (Å²) in [7, 11) is 5.65. The van der Waals surface area contributed by atoms with Gasteiger partial charge in [0.25, 0.3) is 0 Å². The van der Waals surface area contributed by atoms with E-state index in [4.69, 9.17) is 4.74 Å². The summed E-state index contributed by atoms with van der Waals surface area (Å²) in [6, 6.07) is 1.99. The summed E-state index contributed by atoms with van der Waals surface area (Å²) < 4.78 is 5.12. The third-order valence-electron chi connectivity index (χ3n) is 3.69. The molecule has 0 aliphatic heterocycles. The predicted octanol–water partition coefficient (Wildman–Crippen LogP) is 2.29. The zero-order valence-corrected chi connectivity index (χ0v) is 12.1. The normalized spacial score (nSPS) is 15.7. The Morgan fingerprint density at radius 3 is 2.74 bits per heavy atom. The lowest BCUT2D eigenvalue weighted by Gasteiger charge is -2.22. The van der Waals surface area contributed by atoms with Crippen molar-refractivity contribution in [3.63, 3.8) is 0 Å². The van der Waals surface area contributed by atoms with Crippen molar-refractivity contribution in [3.8, 4) is 0 Å². The van der Waals surface area contributed by atoms with E-state index >= 15 is 0 Å². The molecule has 1 aromatic heterocycles. The molecule has 0 radical (unpaired) electrons. The molecule has 1 aliphatic rings. The van der Waals surface area contributed by atoms with E-state index in [1.807, 2.05) is 13.1 Å². The molecule has 19 heavy (non-hydrogen) atoms. The van der Waals surface area contributed by atoms with Gasteiger partial charge in [0.15, 0.2) is 5.82 Å². The molecule has 106 valence electrons.